The number of carbonyl (C=O) groups excluding carboxylic acids is 1. The molecule has 0 saturated heterocycles. The Morgan fingerprint density at radius 3 is 2.09 bits per heavy atom. The van der Waals surface area contributed by atoms with E-state index in [-0.39, 0.29) is 11.8 Å². The summed E-state index contributed by atoms with van der Waals surface area (Å²) in [5, 5.41) is 9.74. The molecule has 0 atom stereocenters. The van der Waals surface area contributed by atoms with Crippen molar-refractivity contribution in [3.8, 4) is 0 Å². The van der Waals surface area contributed by atoms with Crippen LogP contribution in [0.15, 0.2) is 60.7 Å². The number of aryl methyl sites for hydroxylation is 1. The maximum atomic E-state index is 12.7. The maximum Gasteiger partial charge on any atom is 0.232 e. The summed E-state index contributed by atoms with van der Waals surface area (Å²) in [6, 6.07) is 19.5. The van der Waals surface area contributed by atoms with Crippen LogP contribution >= 0.6 is 0 Å². The van der Waals surface area contributed by atoms with Crippen LogP contribution in [0, 0.1) is 6.92 Å². The third-order valence-corrected chi connectivity index (χ3v) is 3.59. The molecule has 1 aromatic heterocycles. The number of carbonyl (C=O) groups is 1. The van der Waals surface area contributed by atoms with E-state index in [0.717, 1.165) is 17.0 Å². The van der Waals surface area contributed by atoms with E-state index in [9.17, 15) is 4.79 Å². The molecular formula is C18H18N4O. The zero-order valence-electron chi connectivity index (χ0n) is 12.9. The van der Waals surface area contributed by atoms with E-state index in [4.69, 9.17) is 0 Å². The summed E-state index contributed by atoms with van der Waals surface area (Å²) < 4.78 is 0. The molecular weight excluding hydrogens is 288 g/mol. The average molecular weight is 306 g/mol. The zero-order chi connectivity index (χ0) is 16.1. The number of rotatable bonds is 5. The van der Waals surface area contributed by atoms with Crippen molar-refractivity contribution in [2.24, 2.45) is 0 Å². The minimum atomic E-state index is -0.350. The molecule has 0 radical (unpaired) electrons. The van der Waals surface area contributed by atoms with E-state index in [2.05, 4.69) is 20.5 Å². The van der Waals surface area contributed by atoms with E-state index in [1.807, 2.05) is 67.6 Å². The first kappa shape index (κ1) is 15.0. The molecule has 3 aromatic rings. The maximum absolute atomic E-state index is 12.7. The number of hydrogen-bond donors (Lipinski definition) is 2. The quantitative estimate of drug-likeness (QED) is 0.761. The molecule has 5 heteroatoms. The first-order valence-electron chi connectivity index (χ1n) is 7.49. The van der Waals surface area contributed by atoms with Gasteiger partial charge >= 0.3 is 0 Å². The lowest BCUT2D eigenvalue weighted by Gasteiger charge is -2.17. The number of nitrogens with zero attached hydrogens (tertiary/aromatic N) is 2. The van der Waals surface area contributed by atoms with Gasteiger partial charge in [-0.15, -0.1) is 0 Å². The van der Waals surface area contributed by atoms with Gasteiger partial charge in [0.1, 0.15) is 5.82 Å². The van der Waals surface area contributed by atoms with Crippen LogP contribution in [0.2, 0.25) is 0 Å². The van der Waals surface area contributed by atoms with E-state index in [1.165, 1.54) is 0 Å². The number of nitrogens with one attached hydrogen (secondary N) is 2. The van der Waals surface area contributed by atoms with E-state index >= 15 is 0 Å². The number of hydrogen-bond acceptors (Lipinski definition) is 3. The molecule has 0 spiro atoms. The molecule has 0 unspecified atom stereocenters. The molecule has 3 rings (SSSR count). The van der Waals surface area contributed by atoms with Gasteiger partial charge in [0.2, 0.25) is 5.91 Å². The van der Waals surface area contributed by atoms with Gasteiger partial charge in [-0.3, -0.25) is 9.89 Å². The van der Waals surface area contributed by atoms with Crippen molar-refractivity contribution in [2.45, 2.75) is 19.4 Å². The molecule has 0 bridgehead atoms. The monoisotopic (exact) mass is 306 g/mol. The number of aromatic amines is 1. The van der Waals surface area contributed by atoms with Gasteiger partial charge in [-0.2, -0.15) is 5.10 Å². The van der Waals surface area contributed by atoms with Gasteiger partial charge in [0.25, 0.3) is 0 Å². The lowest BCUT2D eigenvalue weighted by atomic mass is 9.90. The Balaban J connectivity index is 1.82. The van der Waals surface area contributed by atoms with Gasteiger partial charge in [-0.25, -0.2) is 4.98 Å². The summed E-state index contributed by atoms with van der Waals surface area (Å²) in [5.74, 6) is 0.898. The van der Waals surface area contributed by atoms with Crippen LogP contribution in [-0.4, -0.2) is 21.1 Å². The van der Waals surface area contributed by atoms with Crippen molar-refractivity contribution < 1.29 is 4.79 Å². The van der Waals surface area contributed by atoms with Crippen LogP contribution < -0.4 is 5.32 Å². The van der Waals surface area contributed by atoms with E-state index in [0.29, 0.717) is 12.4 Å². The molecule has 0 aliphatic carbocycles. The second-order valence-electron chi connectivity index (χ2n) is 5.31. The van der Waals surface area contributed by atoms with Crippen molar-refractivity contribution in [3.63, 3.8) is 0 Å². The molecule has 0 aliphatic heterocycles. The third kappa shape index (κ3) is 3.63. The third-order valence-electron chi connectivity index (χ3n) is 3.59. The number of amides is 1. The fourth-order valence-corrected chi connectivity index (χ4v) is 2.52. The fraction of sp³-hybridized carbons (Fsp3) is 0.167. The molecule has 2 aromatic carbocycles. The lowest BCUT2D eigenvalue weighted by molar-refractivity contribution is -0.121. The predicted molar refractivity (Wildman–Crippen MR) is 87.7 cm³/mol. The van der Waals surface area contributed by atoms with Gasteiger partial charge in [-0.1, -0.05) is 60.7 Å². The highest BCUT2D eigenvalue weighted by molar-refractivity contribution is 5.87. The van der Waals surface area contributed by atoms with Gasteiger partial charge in [0, 0.05) is 0 Å². The topological polar surface area (TPSA) is 70.7 Å². The van der Waals surface area contributed by atoms with Gasteiger partial charge in [0.05, 0.1) is 12.5 Å². The second kappa shape index (κ2) is 6.87. The molecule has 23 heavy (non-hydrogen) atoms. The zero-order valence-corrected chi connectivity index (χ0v) is 12.9. The molecule has 0 fully saturated rings. The standard InChI is InChI=1S/C18H18N4O/c1-13-20-16(22-21-13)12-19-18(23)17(14-8-4-2-5-9-14)15-10-6-3-7-11-15/h2-11,17H,12H2,1H3,(H,19,23)(H,20,21,22). The highest BCUT2D eigenvalue weighted by Gasteiger charge is 2.22. The number of H-pyrrole nitrogens is 1. The summed E-state index contributed by atoms with van der Waals surface area (Å²) in [4.78, 5) is 17.0. The van der Waals surface area contributed by atoms with Crippen LogP contribution in [0.1, 0.15) is 28.7 Å². The van der Waals surface area contributed by atoms with Crippen molar-refractivity contribution in [1.82, 2.24) is 20.5 Å². The Bertz CT molecular complexity index is 728. The highest BCUT2D eigenvalue weighted by atomic mass is 16.1. The molecule has 5 nitrogen and oxygen atoms in total. The Hall–Kier alpha value is -2.95. The van der Waals surface area contributed by atoms with Crippen LogP contribution in [-0.2, 0) is 11.3 Å². The molecule has 1 heterocycles. The van der Waals surface area contributed by atoms with Crippen molar-refractivity contribution in [3.05, 3.63) is 83.4 Å². The first-order chi connectivity index (χ1) is 11.2. The summed E-state index contributed by atoms with van der Waals surface area (Å²) in [6.45, 7) is 2.13. The minimum absolute atomic E-state index is 0.0650. The Morgan fingerprint density at radius 2 is 1.61 bits per heavy atom. The predicted octanol–water partition coefficient (Wildman–Crippen LogP) is 2.56. The Morgan fingerprint density at radius 1 is 1.04 bits per heavy atom. The molecule has 116 valence electrons. The van der Waals surface area contributed by atoms with Crippen molar-refractivity contribution >= 4 is 5.91 Å². The largest absolute Gasteiger partial charge is 0.348 e. The number of aromatic nitrogens is 3. The number of benzene rings is 2. The molecule has 0 saturated carbocycles. The average Bonchev–Trinajstić information content (AvgIpc) is 3.01. The first-order valence-corrected chi connectivity index (χ1v) is 7.49. The van der Waals surface area contributed by atoms with Gasteiger partial charge in [-0.05, 0) is 18.1 Å². The summed E-state index contributed by atoms with van der Waals surface area (Å²) >= 11 is 0. The van der Waals surface area contributed by atoms with Crippen molar-refractivity contribution in [2.75, 3.05) is 0 Å². The summed E-state index contributed by atoms with van der Waals surface area (Å²) in [7, 11) is 0. The summed E-state index contributed by atoms with van der Waals surface area (Å²) in [6.07, 6.45) is 0. The Labute approximate surface area is 134 Å². The van der Waals surface area contributed by atoms with E-state index in [1.54, 1.807) is 0 Å². The smallest absolute Gasteiger partial charge is 0.232 e. The SMILES string of the molecule is Cc1nc(CNC(=O)C(c2ccccc2)c2ccccc2)n[nH]1. The second-order valence-corrected chi connectivity index (χ2v) is 5.31. The van der Waals surface area contributed by atoms with Crippen molar-refractivity contribution in [1.29, 1.82) is 0 Å². The Kier molecular flexibility index (Phi) is 4.47. The van der Waals surface area contributed by atoms with Crippen LogP contribution in [0.3, 0.4) is 0 Å². The highest BCUT2D eigenvalue weighted by Crippen LogP contribution is 2.24. The van der Waals surface area contributed by atoms with Gasteiger partial charge < -0.3 is 5.32 Å². The fourth-order valence-electron chi connectivity index (χ4n) is 2.52. The van der Waals surface area contributed by atoms with Crippen LogP contribution in [0.25, 0.3) is 0 Å². The van der Waals surface area contributed by atoms with E-state index < -0.39 is 0 Å². The lowest BCUT2D eigenvalue weighted by Crippen LogP contribution is -2.30. The van der Waals surface area contributed by atoms with Crippen LogP contribution in [0.4, 0.5) is 0 Å². The molecule has 1 amide bonds. The molecule has 2 N–H and O–H groups in total. The normalized spacial score (nSPS) is 10.7. The minimum Gasteiger partial charge on any atom is -0.348 e. The van der Waals surface area contributed by atoms with Crippen LogP contribution in [0.5, 0.6) is 0 Å². The summed E-state index contributed by atoms with van der Waals surface area (Å²) in [5.41, 5.74) is 1.92. The van der Waals surface area contributed by atoms with Gasteiger partial charge in [0.15, 0.2) is 5.82 Å². The molecule has 0 aliphatic rings.